The fraction of sp³-hybridized carbons (Fsp3) is 0.200. The number of nitriles is 1. The van der Waals surface area contributed by atoms with Crippen molar-refractivity contribution in [1.29, 1.82) is 5.26 Å². The standard InChI is InChI=1S/C10H9N3S/c1-8-7-14-10(12-8)6-13-4-2-3-9(13)5-11/h2-4,7H,6H2,1H3. The maximum atomic E-state index is 8.80. The quantitative estimate of drug-likeness (QED) is 0.750. The Morgan fingerprint density at radius 3 is 3.14 bits per heavy atom. The Kier molecular flexibility index (Phi) is 2.33. The third kappa shape index (κ3) is 1.68. The van der Waals surface area contributed by atoms with Crippen LogP contribution < -0.4 is 0 Å². The monoisotopic (exact) mass is 203 g/mol. The van der Waals surface area contributed by atoms with Crippen LogP contribution in [0.5, 0.6) is 0 Å². The second kappa shape index (κ2) is 3.64. The minimum Gasteiger partial charge on any atom is -0.333 e. The maximum Gasteiger partial charge on any atom is 0.120 e. The van der Waals surface area contributed by atoms with Crippen LogP contribution in [-0.4, -0.2) is 9.55 Å². The van der Waals surface area contributed by atoms with Crippen molar-refractivity contribution in [3.8, 4) is 6.07 Å². The highest BCUT2D eigenvalue weighted by Gasteiger charge is 2.03. The largest absolute Gasteiger partial charge is 0.333 e. The Bertz CT molecular complexity index is 476. The molecule has 0 atom stereocenters. The van der Waals surface area contributed by atoms with Gasteiger partial charge < -0.3 is 4.57 Å². The lowest BCUT2D eigenvalue weighted by Crippen LogP contribution is -1.99. The summed E-state index contributed by atoms with van der Waals surface area (Å²) in [7, 11) is 0. The molecule has 0 aliphatic heterocycles. The molecule has 0 amide bonds. The van der Waals surface area contributed by atoms with E-state index in [1.807, 2.05) is 29.1 Å². The fourth-order valence-corrected chi connectivity index (χ4v) is 2.04. The van der Waals surface area contributed by atoms with Crippen LogP contribution in [0, 0.1) is 18.3 Å². The average Bonchev–Trinajstić information content (AvgIpc) is 2.76. The van der Waals surface area contributed by atoms with Gasteiger partial charge >= 0.3 is 0 Å². The number of aryl methyl sites for hydroxylation is 1. The Balaban J connectivity index is 2.23. The molecule has 0 radical (unpaired) electrons. The number of thiazole rings is 1. The molecule has 2 rings (SSSR count). The van der Waals surface area contributed by atoms with E-state index in [-0.39, 0.29) is 0 Å². The lowest BCUT2D eigenvalue weighted by molar-refractivity contribution is 0.784. The van der Waals surface area contributed by atoms with Crippen LogP contribution in [0.1, 0.15) is 16.4 Å². The van der Waals surface area contributed by atoms with E-state index < -0.39 is 0 Å². The van der Waals surface area contributed by atoms with E-state index in [2.05, 4.69) is 11.1 Å². The van der Waals surface area contributed by atoms with Gasteiger partial charge in [0.15, 0.2) is 0 Å². The first-order valence-corrected chi connectivity index (χ1v) is 5.14. The predicted octanol–water partition coefficient (Wildman–Crippen LogP) is 2.17. The smallest absolute Gasteiger partial charge is 0.120 e. The Morgan fingerprint density at radius 1 is 1.64 bits per heavy atom. The fourth-order valence-electron chi connectivity index (χ4n) is 1.27. The molecule has 0 saturated heterocycles. The minimum absolute atomic E-state index is 0.679. The van der Waals surface area contributed by atoms with Gasteiger partial charge in [-0.15, -0.1) is 11.3 Å². The zero-order valence-electron chi connectivity index (χ0n) is 7.77. The summed E-state index contributed by atoms with van der Waals surface area (Å²) in [6.45, 7) is 2.66. The molecule has 0 N–H and O–H groups in total. The summed E-state index contributed by atoms with van der Waals surface area (Å²) >= 11 is 1.63. The zero-order valence-corrected chi connectivity index (χ0v) is 8.58. The van der Waals surface area contributed by atoms with Gasteiger partial charge in [0.05, 0.1) is 6.54 Å². The molecule has 2 heterocycles. The molecule has 3 nitrogen and oxygen atoms in total. The number of rotatable bonds is 2. The summed E-state index contributed by atoms with van der Waals surface area (Å²) in [5.74, 6) is 0. The van der Waals surface area contributed by atoms with Crippen LogP contribution >= 0.6 is 11.3 Å². The summed E-state index contributed by atoms with van der Waals surface area (Å²) in [6.07, 6.45) is 1.90. The van der Waals surface area contributed by atoms with E-state index in [4.69, 9.17) is 5.26 Å². The van der Waals surface area contributed by atoms with Crippen LogP contribution in [0.25, 0.3) is 0 Å². The van der Waals surface area contributed by atoms with Gasteiger partial charge in [-0.1, -0.05) is 0 Å². The average molecular weight is 203 g/mol. The summed E-state index contributed by atoms with van der Waals surface area (Å²) in [6, 6.07) is 5.82. The Morgan fingerprint density at radius 2 is 2.50 bits per heavy atom. The van der Waals surface area contributed by atoms with Gasteiger partial charge in [0.2, 0.25) is 0 Å². The first-order chi connectivity index (χ1) is 6.79. The topological polar surface area (TPSA) is 41.6 Å². The van der Waals surface area contributed by atoms with Crippen LogP contribution in [0.4, 0.5) is 0 Å². The van der Waals surface area contributed by atoms with E-state index in [0.717, 1.165) is 10.7 Å². The van der Waals surface area contributed by atoms with Gasteiger partial charge in [0, 0.05) is 17.3 Å². The molecular formula is C10H9N3S. The maximum absolute atomic E-state index is 8.80. The molecule has 0 aliphatic rings. The Labute approximate surface area is 86.3 Å². The molecule has 0 aliphatic carbocycles. The third-order valence-electron chi connectivity index (χ3n) is 1.92. The normalized spacial score (nSPS) is 10.0. The van der Waals surface area contributed by atoms with Gasteiger partial charge in [0.1, 0.15) is 16.8 Å². The van der Waals surface area contributed by atoms with Crippen molar-refractivity contribution in [2.45, 2.75) is 13.5 Å². The Hall–Kier alpha value is -1.60. The summed E-state index contributed by atoms with van der Waals surface area (Å²) in [5, 5.41) is 11.9. The molecule has 2 aromatic rings. The highest BCUT2D eigenvalue weighted by Crippen LogP contribution is 2.12. The molecular weight excluding hydrogens is 194 g/mol. The van der Waals surface area contributed by atoms with Gasteiger partial charge in [-0.3, -0.25) is 0 Å². The van der Waals surface area contributed by atoms with E-state index in [1.54, 1.807) is 17.4 Å². The van der Waals surface area contributed by atoms with Gasteiger partial charge in [-0.2, -0.15) is 5.26 Å². The van der Waals surface area contributed by atoms with Gasteiger partial charge in [-0.25, -0.2) is 4.98 Å². The molecule has 0 aromatic carbocycles. The van der Waals surface area contributed by atoms with Crippen molar-refractivity contribution in [2.24, 2.45) is 0 Å². The molecule has 0 bridgehead atoms. The SMILES string of the molecule is Cc1csc(Cn2cccc2C#N)n1. The lowest BCUT2D eigenvalue weighted by atomic mass is 10.4. The number of nitrogens with zero attached hydrogens (tertiary/aromatic N) is 3. The highest BCUT2D eigenvalue weighted by atomic mass is 32.1. The van der Waals surface area contributed by atoms with Crippen molar-refractivity contribution in [3.05, 3.63) is 40.1 Å². The molecule has 0 fully saturated rings. The van der Waals surface area contributed by atoms with Gasteiger partial charge in [-0.05, 0) is 19.1 Å². The highest BCUT2D eigenvalue weighted by molar-refractivity contribution is 7.09. The van der Waals surface area contributed by atoms with Crippen molar-refractivity contribution >= 4 is 11.3 Å². The van der Waals surface area contributed by atoms with Crippen molar-refractivity contribution in [1.82, 2.24) is 9.55 Å². The van der Waals surface area contributed by atoms with Gasteiger partial charge in [0.25, 0.3) is 0 Å². The molecule has 70 valence electrons. The second-order valence-electron chi connectivity index (χ2n) is 3.02. The zero-order chi connectivity index (χ0) is 9.97. The summed E-state index contributed by atoms with van der Waals surface area (Å²) in [4.78, 5) is 4.35. The predicted molar refractivity (Wildman–Crippen MR) is 55.1 cm³/mol. The minimum atomic E-state index is 0.679. The molecule has 0 saturated carbocycles. The molecule has 0 unspecified atom stereocenters. The number of hydrogen-bond donors (Lipinski definition) is 0. The molecule has 0 spiro atoms. The molecule has 14 heavy (non-hydrogen) atoms. The number of hydrogen-bond acceptors (Lipinski definition) is 3. The second-order valence-corrected chi connectivity index (χ2v) is 3.96. The summed E-state index contributed by atoms with van der Waals surface area (Å²) < 4.78 is 1.90. The van der Waals surface area contributed by atoms with Crippen molar-refractivity contribution in [3.63, 3.8) is 0 Å². The van der Waals surface area contributed by atoms with E-state index in [0.29, 0.717) is 12.2 Å². The van der Waals surface area contributed by atoms with Crippen molar-refractivity contribution < 1.29 is 0 Å². The van der Waals surface area contributed by atoms with Crippen LogP contribution in [0.3, 0.4) is 0 Å². The molecule has 4 heteroatoms. The molecule has 2 aromatic heterocycles. The number of aromatic nitrogens is 2. The van der Waals surface area contributed by atoms with E-state index >= 15 is 0 Å². The first-order valence-electron chi connectivity index (χ1n) is 4.26. The van der Waals surface area contributed by atoms with Crippen LogP contribution in [0.2, 0.25) is 0 Å². The van der Waals surface area contributed by atoms with Crippen molar-refractivity contribution in [2.75, 3.05) is 0 Å². The third-order valence-corrected chi connectivity index (χ3v) is 2.87. The van der Waals surface area contributed by atoms with E-state index in [1.165, 1.54) is 0 Å². The van der Waals surface area contributed by atoms with E-state index in [9.17, 15) is 0 Å². The summed E-state index contributed by atoms with van der Waals surface area (Å²) in [5.41, 5.74) is 1.72. The first kappa shape index (κ1) is 8.97. The van der Waals surface area contributed by atoms with Crippen LogP contribution in [0.15, 0.2) is 23.7 Å². The van der Waals surface area contributed by atoms with Crippen LogP contribution in [-0.2, 0) is 6.54 Å². The lowest BCUT2D eigenvalue weighted by Gasteiger charge is -2.00.